The summed E-state index contributed by atoms with van der Waals surface area (Å²) in [6, 6.07) is 5.05. The van der Waals surface area contributed by atoms with Crippen LogP contribution in [0, 0.1) is 0 Å². The van der Waals surface area contributed by atoms with Gasteiger partial charge in [0, 0.05) is 11.4 Å². The summed E-state index contributed by atoms with van der Waals surface area (Å²) in [5, 5.41) is 20.3. The maximum atomic E-state index is 9.62. The van der Waals surface area contributed by atoms with Crippen molar-refractivity contribution in [2.24, 2.45) is 0 Å². The van der Waals surface area contributed by atoms with Gasteiger partial charge in [0.15, 0.2) is 0 Å². The predicted octanol–water partition coefficient (Wildman–Crippen LogP) is 4.47. The van der Waals surface area contributed by atoms with Crippen molar-refractivity contribution in [3.8, 4) is 11.5 Å². The van der Waals surface area contributed by atoms with Gasteiger partial charge in [-0.3, -0.25) is 0 Å². The molecule has 0 amide bonds. The van der Waals surface area contributed by atoms with E-state index in [1.54, 1.807) is 0 Å². The van der Waals surface area contributed by atoms with Gasteiger partial charge in [-0.1, -0.05) is 35.2 Å². The van der Waals surface area contributed by atoms with E-state index in [2.05, 4.69) is 15.9 Å². The molecule has 0 atom stereocenters. The maximum Gasteiger partial charge on any atom is 0.119 e. The average Bonchev–Trinajstić information content (AvgIpc) is 2.25. The van der Waals surface area contributed by atoms with Gasteiger partial charge in [0.1, 0.15) is 11.5 Å². The van der Waals surface area contributed by atoms with Crippen LogP contribution in [0.3, 0.4) is 0 Å². The largest absolute Gasteiger partial charge is 0.508 e. The third-order valence-electron chi connectivity index (χ3n) is 4.11. The Morgan fingerprint density at radius 1 is 1.00 bits per heavy atom. The first-order chi connectivity index (χ1) is 8.66. The fourth-order valence-electron chi connectivity index (χ4n) is 2.92. The molecule has 0 unspecified atom stereocenters. The standard InChI is InChI=1S/C15H21BrO2/c16-8-3-1-2-5-15(6-4-7-15)12-9-13(17)11-14(18)10-12/h9-11,17-18H,1-8H2. The molecule has 2 N–H and O–H groups in total. The second-order valence-electron chi connectivity index (χ2n) is 5.37. The summed E-state index contributed by atoms with van der Waals surface area (Å²) in [6.45, 7) is 0. The van der Waals surface area contributed by atoms with E-state index >= 15 is 0 Å². The zero-order chi connectivity index (χ0) is 13.0. The highest BCUT2D eigenvalue weighted by atomic mass is 79.9. The first kappa shape index (κ1) is 13.7. The van der Waals surface area contributed by atoms with Crippen molar-refractivity contribution < 1.29 is 10.2 Å². The highest BCUT2D eigenvalue weighted by Gasteiger charge is 2.38. The van der Waals surface area contributed by atoms with Gasteiger partial charge >= 0.3 is 0 Å². The third kappa shape index (κ3) is 3.00. The molecule has 1 saturated carbocycles. The molecular weight excluding hydrogens is 292 g/mol. The summed E-state index contributed by atoms with van der Waals surface area (Å²) in [5.41, 5.74) is 1.33. The fraction of sp³-hybridized carbons (Fsp3) is 0.600. The number of halogens is 1. The van der Waals surface area contributed by atoms with E-state index in [1.165, 1.54) is 51.0 Å². The van der Waals surface area contributed by atoms with Gasteiger partial charge in [0.05, 0.1) is 0 Å². The number of alkyl halides is 1. The molecule has 0 bridgehead atoms. The van der Waals surface area contributed by atoms with Crippen molar-refractivity contribution in [1.29, 1.82) is 0 Å². The van der Waals surface area contributed by atoms with Crippen molar-refractivity contribution in [2.75, 3.05) is 5.33 Å². The van der Waals surface area contributed by atoms with Gasteiger partial charge in [-0.2, -0.15) is 0 Å². The van der Waals surface area contributed by atoms with E-state index < -0.39 is 0 Å². The van der Waals surface area contributed by atoms with Crippen LogP contribution in [0.5, 0.6) is 11.5 Å². The molecule has 0 radical (unpaired) electrons. The first-order valence-corrected chi connectivity index (χ1v) is 7.88. The van der Waals surface area contributed by atoms with E-state index in [0.29, 0.717) is 0 Å². The lowest BCUT2D eigenvalue weighted by Crippen LogP contribution is -2.34. The summed E-state index contributed by atoms with van der Waals surface area (Å²) >= 11 is 3.46. The topological polar surface area (TPSA) is 40.5 Å². The Morgan fingerprint density at radius 3 is 2.17 bits per heavy atom. The Morgan fingerprint density at radius 2 is 1.67 bits per heavy atom. The van der Waals surface area contributed by atoms with E-state index in [0.717, 1.165) is 10.9 Å². The van der Waals surface area contributed by atoms with Gasteiger partial charge in [-0.25, -0.2) is 0 Å². The number of hydrogen-bond donors (Lipinski definition) is 2. The molecule has 1 fully saturated rings. The van der Waals surface area contributed by atoms with Crippen molar-refractivity contribution >= 4 is 15.9 Å². The molecule has 1 aliphatic rings. The summed E-state index contributed by atoms with van der Waals surface area (Å²) in [7, 11) is 0. The Balaban J connectivity index is 2.06. The maximum absolute atomic E-state index is 9.62. The first-order valence-electron chi connectivity index (χ1n) is 6.76. The molecule has 18 heavy (non-hydrogen) atoms. The molecule has 3 heteroatoms. The SMILES string of the molecule is Oc1cc(O)cc(C2(CCCCCBr)CCC2)c1. The number of hydrogen-bond acceptors (Lipinski definition) is 2. The molecule has 0 aliphatic heterocycles. The predicted molar refractivity (Wildman–Crippen MR) is 77.6 cm³/mol. The highest BCUT2D eigenvalue weighted by Crippen LogP contribution is 2.48. The van der Waals surface area contributed by atoms with E-state index in [4.69, 9.17) is 0 Å². The molecule has 1 aliphatic carbocycles. The van der Waals surface area contributed by atoms with Crippen molar-refractivity contribution in [2.45, 2.75) is 50.4 Å². The molecular formula is C15H21BrO2. The number of unbranched alkanes of at least 4 members (excludes halogenated alkanes) is 2. The van der Waals surface area contributed by atoms with Crippen LogP contribution in [0.4, 0.5) is 0 Å². The normalized spacial score (nSPS) is 17.4. The van der Waals surface area contributed by atoms with Crippen LogP contribution in [0.25, 0.3) is 0 Å². The molecule has 2 nitrogen and oxygen atoms in total. The lowest BCUT2D eigenvalue weighted by molar-refractivity contribution is 0.217. The molecule has 0 spiro atoms. The Kier molecular flexibility index (Phi) is 4.55. The molecule has 100 valence electrons. The van der Waals surface area contributed by atoms with E-state index in [-0.39, 0.29) is 16.9 Å². The lowest BCUT2D eigenvalue weighted by atomic mass is 9.62. The molecule has 0 saturated heterocycles. The lowest BCUT2D eigenvalue weighted by Gasteiger charge is -2.43. The Labute approximate surface area is 117 Å². The van der Waals surface area contributed by atoms with E-state index in [1.807, 2.05) is 12.1 Å². The Bertz CT molecular complexity index is 379. The number of aromatic hydroxyl groups is 2. The van der Waals surface area contributed by atoms with Crippen molar-refractivity contribution in [3.63, 3.8) is 0 Å². The summed E-state index contributed by atoms with van der Waals surface area (Å²) in [4.78, 5) is 0. The zero-order valence-corrected chi connectivity index (χ0v) is 12.2. The monoisotopic (exact) mass is 312 g/mol. The summed E-state index contributed by atoms with van der Waals surface area (Å²) in [5.74, 6) is 0.355. The van der Waals surface area contributed by atoms with Crippen LogP contribution in [0.15, 0.2) is 18.2 Å². The fourth-order valence-corrected chi connectivity index (χ4v) is 3.32. The highest BCUT2D eigenvalue weighted by molar-refractivity contribution is 9.09. The summed E-state index contributed by atoms with van der Waals surface area (Å²) < 4.78 is 0. The van der Waals surface area contributed by atoms with Crippen LogP contribution < -0.4 is 0 Å². The minimum absolute atomic E-state index is 0.178. The zero-order valence-electron chi connectivity index (χ0n) is 10.7. The van der Waals surface area contributed by atoms with Crippen LogP contribution in [-0.4, -0.2) is 15.5 Å². The van der Waals surface area contributed by atoms with Crippen LogP contribution >= 0.6 is 15.9 Å². The quantitative estimate of drug-likeness (QED) is 0.601. The number of rotatable bonds is 6. The summed E-state index contributed by atoms with van der Waals surface area (Å²) in [6.07, 6.45) is 8.49. The van der Waals surface area contributed by atoms with Crippen molar-refractivity contribution in [1.82, 2.24) is 0 Å². The molecule has 1 aromatic carbocycles. The third-order valence-corrected chi connectivity index (χ3v) is 4.68. The number of phenolic OH excluding ortho intramolecular Hbond substituents is 2. The van der Waals surface area contributed by atoms with Gasteiger partial charge in [-0.15, -0.1) is 0 Å². The van der Waals surface area contributed by atoms with E-state index in [9.17, 15) is 10.2 Å². The van der Waals surface area contributed by atoms with Crippen LogP contribution in [0.1, 0.15) is 50.5 Å². The van der Waals surface area contributed by atoms with Crippen molar-refractivity contribution in [3.05, 3.63) is 23.8 Å². The Hall–Kier alpha value is -0.700. The minimum atomic E-state index is 0.178. The van der Waals surface area contributed by atoms with Gasteiger partial charge in [0.2, 0.25) is 0 Å². The van der Waals surface area contributed by atoms with Gasteiger partial charge < -0.3 is 10.2 Å². The number of benzene rings is 1. The molecule has 1 aromatic rings. The second-order valence-corrected chi connectivity index (χ2v) is 6.16. The molecule has 2 rings (SSSR count). The second kappa shape index (κ2) is 5.96. The molecule has 0 aromatic heterocycles. The molecule has 0 heterocycles. The minimum Gasteiger partial charge on any atom is -0.508 e. The van der Waals surface area contributed by atoms with Crippen LogP contribution in [0.2, 0.25) is 0 Å². The van der Waals surface area contributed by atoms with Gasteiger partial charge in [-0.05, 0) is 48.8 Å². The number of phenols is 2. The van der Waals surface area contributed by atoms with Crippen LogP contribution in [-0.2, 0) is 5.41 Å². The average molecular weight is 313 g/mol. The smallest absolute Gasteiger partial charge is 0.119 e. The van der Waals surface area contributed by atoms with Gasteiger partial charge in [0.25, 0.3) is 0 Å².